The summed E-state index contributed by atoms with van der Waals surface area (Å²) in [5.74, 6) is 0. The second-order valence-electron chi connectivity index (χ2n) is 5.32. The van der Waals surface area contributed by atoms with Crippen molar-refractivity contribution in [2.75, 3.05) is 4.31 Å². The Bertz CT molecular complexity index is 930. The molecule has 0 saturated heterocycles. The fourth-order valence-electron chi connectivity index (χ4n) is 2.32. The van der Waals surface area contributed by atoms with Gasteiger partial charge in [0.2, 0.25) is 5.24 Å². The Kier molecular flexibility index (Phi) is 5.44. The number of hydrogen-bond acceptors (Lipinski definition) is 5. The van der Waals surface area contributed by atoms with E-state index in [0.717, 1.165) is 10.4 Å². The van der Waals surface area contributed by atoms with E-state index in [0.29, 0.717) is 5.56 Å². The summed E-state index contributed by atoms with van der Waals surface area (Å²) in [6, 6.07) is 10.0. The molecule has 2 aromatic rings. The van der Waals surface area contributed by atoms with Crippen LogP contribution in [0.1, 0.15) is 12.5 Å². The number of sulfonamides is 1. The maximum Gasteiger partial charge on any atom is 0.270 e. The van der Waals surface area contributed by atoms with E-state index < -0.39 is 26.2 Å². The molecule has 9 heteroatoms. The Morgan fingerprint density at radius 2 is 1.84 bits per heavy atom. The minimum atomic E-state index is -4.25. The van der Waals surface area contributed by atoms with E-state index in [1.165, 1.54) is 25.1 Å². The van der Waals surface area contributed by atoms with Crippen LogP contribution < -0.4 is 4.31 Å². The van der Waals surface area contributed by atoms with Crippen LogP contribution >= 0.6 is 11.6 Å². The van der Waals surface area contributed by atoms with Gasteiger partial charge < -0.3 is 0 Å². The van der Waals surface area contributed by atoms with Crippen molar-refractivity contribution < 1.29 is 18.1 Å². The van der Waals surface area contributed by atoms with E-state index in [-0.39, 0.29) is 16.3 Å². The standard InChI is InChI=1S/C16H15ClN2O5S/c1-11-6-3-4-9-15(11)18(12(2)16(17)20)25(23,24)14-8-5-7-13(10-14)19(21)22/h3-10,12H,1-2H3. The molecule has 0 N–H and O–H groups in total. The molecule has 2 rings (SSSR count). The molecule has 25 heavy (non-hydrogen) atoms. The van der Waals surface area contributed by atoms with Gasteiger partial charge in [0.15, 0.2) is 0 Å². The van der Waals surface area contributed by atoms with E-state index >= 15 is 0 Å². The number of hydrogen-bond donors (Lipinski definition) is 0. The molecular weight excluding hydrogens is 368 g/mol. The van der Waals surface area contributed by atoms with Crippen molar-refractivity contribution in [1.29, 1.82) is 0 Å². The van der Waals surface area contributed by atoms with Gasteiger partial charge in [-0.05, 0) is 43.1 Å². The van der Waals surface area contributed by atoms with Crippen LogP contribution in [0.5, 0.6) is 0 Å². The zero-order valence-corrected chi connectivity index (χ0v) is 15.0. The number of carbonyl (C=O) groups excluding carboxylic acids is 1. The number of non-ortho nitro benzene ring substituents is 1. The van der Waals surface area contributed by atoms with Crippen molar-refractivity contribution in [2.45, 2.75) is 24.8 Å². The number of halogens is 1. The number of aryl methyl sites for hydroxylation is 1. The third-order valence-corrected chi connectivity index (χ3v) is 5.81. The van der Waals surface area contributed by atoms with E-state index in [2.05, 4.69) is 0 Å². The number of nitro groups is 1. The fourth-order valence-corrected chi connectivity index (χ4v) is 4.20. The first-order valence-electron chi connectivity index (χ1n) is 7.20. The summed E-state index contributed by atoms with van der Waals surface area (Å²) in [4.78, 5) is 21.6. The van der Waals surface area contributed by atoms with Crippen LogP contribution in [0, 0.1) is 17.0 Å². The van der Waals surface area contributed by atoms with Crippen LogP contribution in [-0.4, -0.2) is 24.6 Å². The summed E-state index contributed by atoms with van der Waals surface area (Å²) in [5.41, 5.74) is 0.521. The third-order valence-electron chi connectivity index (χ3n) is 3.62. The highest BCUT2D eigenvalue weighted by atomic mass is 35.5. The zero-order chi connectivity index (χ0) is 18.8. The molecule has 1 unspecified atom stereocenters. The summed E-state index contributed by atoms with van der Waals surface area (Å²) < 4.78 is 27.1. The molecule has 132 valence electrons. The number of carbonyl (C=O) groups is 1. The maximum atomic E-state index is 13.1. The van der Waals surface area contributed by atoms with Gasteiger partial charge in [-0.25, -0.2) is 8.42 Å². The van der Waals surface area contributed by atoms with Gasteiger partial charge in [-0.1, -0.05) is 24.3 Å². The van der Waals surface area contributed by atoms with Crippen LogP contribution in [0.4, 0.5) is 11.4 Å². The summed E-state index contributed by atoms with van der Waals surface area (Å²) in [5, 5.41) is 10.1. The molecule has 0 bridgehead atoms. The molecule has 0 heterocycles. The molecule has 0 aromatic heterocycles. The van der Waals surface area contributed by atoms with E-state index in [1.54, 1.807) is 31.2 Å². The predicted octanol–water partition coefficient (Wildman–Crippen LogP) is 3.25. The number of benzene rings is 2. The second-order valence-corrected chi connectivity index (χ2v) is 7.51. The van der Waals surface area contributed by atoms with Crippen molar-refractivity contribution in [3.63, 3.8) is 0 Å². The van der Waals surface area contributed by atoms with Gasteiger partial charge in [-0.3, -0.25) is 19.2 Å². The van der Waals surface area contributed by atoms with Crippen LogP contribution in [-0.2, 0) is 14.8 Å². The van der Waals surface area contributed by atoms with Crippen LogP contribution in [0.25, 0.3) is 0 Å². The SMILES string of the molecule is Cc1ccccc1N(C(C)C(=O)Cl)S(=O)(=O)c1cccc([N+](=O)[O-])c1. The van der Waals surface area contributed by atoms with E-state index in [9.17, 15) is 23.3 Å². The highest BCUT2D eigenvalue weighted by Gasteiger charge is 2.34. The summed E-state index contributed by atoms with van der Waals surface area (Å²) in [6.45, 7) is 3.05. The topological polar surface area (TPSA) is 97.6 Å². The molecule has 0 radical (unpaired) electrons. The highest BCUT2D eigenvalue weighted by molar-refractivity contribution is 7.93. The first-order chi connectivity index (χ1) is 11.7. The third kappa shape index (κ3) is 3.80. The van der Waals surface area contributed by atoms with Crippen LogP contribution in [0.2, 0.25) is 0 Å². The minimum absolute atomic E-state index is 0.274. The van der Waals surface area contributed by atoms with Gasteiger partial charge in [-0.15, -0.1) is 0 Å². The molecule has 1 atom stereocenters. The molecule has 0 aliphatic carbocycles. The lowest BCUT2D eigenvalue weighted by Crippen LogP contribution is -2.42. The Balaban J connectivity index is 2.68. The number of anilines is 1. The fraction of sp³-hybridized carbons (Fsp3) is 0.188. The summed E-state index contributed by atoms with van der Waals surface area (Å²) in [6.07, 6.45) is 0. The Hall–Kier alpha value is -2.45. The van der Waals surface area contributed by atoms with Crippen LogP contribution in [0.3, 0.4) is 0 Å². The van der Waals surface area contributed by atoms with Gasteiger partial charge in [0.25, 0.3) is 15.7 Å². The number of nitrogens with zero attached hydrogens (tertiary/aromatic N) is 2. The average molecular weight is 383 g/mol. The molecule has 0 saturated carbocycles. The largest absolute Gasteiger partial charge is 0.279 e. The quantitative estimate of drug-likeness (QED) is 0.434. The first-order valence-corrected chi connectivity index (χ1v) is 9.02. The molecule has 0 spiro atoms. The molecule has 0 fully saturated rings. The Labute approximate surface area is 150 Å². The Morgan fingerprint density at radius 3 is 2.40 bits per heavy atom. The van der Waals surface area contributed by atoms with E-state index in [4.69, 9.17) is 11.6 Å². The Morgan fingerprint density at radius 1 is 1.20 bits per heavy atom. The van der Waals surface area contributed by atoms with Crippen molar-refractivity contribution >= 4 is 38.2 Å². The molecule has 0 aliphatic heterocycles. The molecule has 7 nitrogen and oxygen atoms in total. The lowest BCUT2D eigenvalue weighted by molar-refractivity contribution is -0.385. The van der Waals surface area contributed by atoms with Gasteiger partial charge >= 0.3 is 0 Å². The number of nitro benzene ring substituents is 1. The van der Waals surface area contributed by atoms with Crippen molar-refractivity contribution in [2.24, 2.45) is 0 Å². The molecular formula is C16H15ClN2O5S. The number of rotatable bonds is 6. The van der Waals surface area contributed by atoms with Gasteiger partial charge in [0.05, 0.1) is 15.5 Å². The second kappa shape index (κ2) is 7.20. The highest BCUT2D eigenvalue weighted by Crippen LogP contribution is 2.30. The van der Waals surface area contributed by atoms with Gasteiger partial charge in [0.1, 0.15) is 6.04 Å². The van der Waals surface area contributed by atoms with Gasteiger partial charge in [-0.2, -0.15) is 0 Å². The first kappa shape index (κ1) is 18.9. The average Bonchev–Trinajstić information content (AvgIpc) is 2.56. The monoisotopic (exact) mass is 382 g/mol. The lowest BCUT2D eigenvalue weighted by Gasteiger charge is -2.29. The summed E-state index contributed by atoms with van der Waals surface area (Å²) in [7, 11) is -4.25. The zero-order valence-electron chi connectivity index (χ0n) is 13.4. The maximum absolute atomic E-state index is 13.1. The normalized spacial score (nSPS) is 12.4. The minimum Gasteiger partial charge on any atom is -0.279 e. The van der Waals surface area contributed by atoms with E-state index in [1.807, 2.05) is 0 Å². The van der Waals surface area contributed by atoms with Crippen LogP contribution in [0.15, 0.2) is 53.4 Å². The van der Waals surface area contributed by atoms with Crippen molar-refractivity contribution in [3.05, 3.63) is 64.2 Å². The molecule has 0 aliphatic rings. The molecule has 0 amide bonds. The van der Waals surface area contributed by atoms with Crippen molar-refractivity contribution in [1.82, 2.24) is 0 Å². The number of para-hydroxylation sites is 1. The smallest absolute Gasteiger partial charge is 0.270 e. The lowest BCUT2D eigenvalue weighted by atomic mass is 10.2. The van der Waals surface area contributed by atoms with Crippen molar-refractivity contribution in [3.8, 4) is 0 Å². The van der Waals surface area contributed by atoms with Gasteiger partial charge in [0, 0.05) is 12.1 Å². The predicted molar refractivity (Wildman–Crippen MR) is 94.3 cm³/mol. The molecule has 2 aromatic carbocycles. The summed E-state index contributed by atoms with van der Waals surface area (Å²) >= 11 is 5.55.